The standard InChI is InChI=1S/C28H33F3N6O2/c1-17-10-19-14-32-24(34-26(38)21-13-20(21)22-15-33-35(3)25(22)28(29,30)31)12-18(19)11-23(17)36-5-7-37(8-6-36)27(2)4-9-39-16-27/h10-12,14-15,20-21H,4-9,13,16H2,1-3H3,(H,32,34,38)/t20-,21-,27-/m0/s1. The lowest BCUT2D eigenvalue weighted by atomic mass is 9.97. The number of nitrogens with zero attached hydrogens (tertiary/aromatic N) is 5. The van der Waals surface area contributed by atoms with E-state index in [1.807, 2.05) is 6.07 Å². The van der Waals surface area contributed by atoms with Crippen LogP contribution in [0.5, 0.6) is 0 Å². The summed E-state index contributed by atoms with van der Waals surface area (Å²) in [4.78, 5) is 22.3. The number of aromatic nitrogens is 3. The van der Waals surface area contributed by atoms with Crippen molar-refractivity contribution in [3.8, 4) is 0 Å². The molecule has 0 bridgehead atoms. The fourth-order valence-corrected chi connectivity index (χ4v) is 6.22. The Morgan fingerprint density at radius 1 is 1.13 bits per heavy atom. The SMILES string of the molecule is Cc1cc2cnc(NC(=O)[C@H]3C[C@@H]3c3cnn(C)c3C(F)(F)F)cc2cc1N1CCN([C@@]2(C)CCOC2)CC1. The average Bonchev–Trinajstić information content (AvgIpc) is 3.40. The Hall–Kier alpha value is -3.18. The van der Waals surface area contributed by atoms with Gasteiger partial charge in [0.1, 0.15) is 11.5 Å². The number of rotatable bonds is 5. The van der Waals surface area contributed by atoms with Gasteiger partial charge in [-0.1, -0.05) is 0 Å². The zero-order chi connectivity index (χ0) is 27.5. The molecule has 2 aromatic heterocycles. The fraction of sp³-hybridized carbons (Fsp3) is 0.536. The predicted molar refractivity (Wildman–Crippen MR) is 142 cm³/mol. The minimum Gasteiger partial charge on any atom is -0.379 e. The first-order valence-electron chi connectivity index (χ1n) is 13.4. The van der Waals surface area contributed by atoms with E-state index in [4.69, 9.17) is 4.74 Å². The summed E-state index contributed by atoms with van der Waals surface area (Å²) in [5.41, 5.74) is 1.74. The zero-order valence-electron chi connectivity index (χ0n) is 22.4. The first-order chi connectivity index (χ1) is 18.5. The third kappa shape index (κ3) is 4.86. The number of hydrogen-bond donors (Lipinski definition) is 1. The molecule has 0 spiro atoms. The molecule has 3 fully saturated rings. The average molecular weight is 543 g/mol. The highest BCUT2D eigenvalue weighted by molar-refractivity contribution is 5.97. The molecule has 4 heterocycles. The van der Waals surface area contributed by atoms with Gasteiger partial charge in [0.2, 0.25) is 5.91 Å². The van der Waals surface area contributed by atoms with Crippen LogP contribution in [0, 0.1) is 12.8 Å². The van der Waals surface area contributed by atoms with Gasteiger partial charge < -0.3 is 15.0 Å². The van der Waals surface area contributed by atoms with Crippen LogP contribution in [0.2, 0.25) is 0 Å². The monoisotopic (exact) mass is 542 g/mol. The molecular formula is C28H33F3N6O2. The summed E-state index contributed by atoms with van der Waals surface area (Å²) < 4.78 is 46.9. The van der Waals surface area contributed by atoms with E-state index in [-0.39, 0.29) is 17.0 Å². The Morgan fingerprint density at radius 2 is 1.90 bits per heavy atom. The maximum Gasteiger partial charge on any atom is 0.433 e. The highest BCUT2D eigenvalue weighted by Gasteiger charge is 2.50. The van der Waals surface area contributed by atoms with Gasteiger partial charge in [-0.05, 0) is 61.8 Å². The van der Waals surface area contributed by atoms with Crippen molar-refractivity contribution in [3.63, 3.8) is 0 Å². The molecule has 2 aliphatic heterocycles. The molecule has 0 radical (unpaired) electrons. The van der Waals surface area contributed by atoms with Crippen molar-refractivity contribution in [3.05, 3.63) is 47.4 Å². The molecule has 11 heteroatoms. The molecular weight excluding hydrogens is 509 g/mol. The number of nitrogens with one attached hydrogen (secondary N) is 1. The maximum atomic E-state index is 13.5. The van der Waals surface area contributed by atoms with Gasteiger partial charge in [0.25, 0.3) is 0 Å². The Kier molecular flexibility index (Phi) is 6.33. The summed E-state index contributed by atoms with van der Waals surface area (Å²) in [6.45, 7) is 9.81. The molecule has 6 rings (SSSR count). The summed E-state index contributed by atoms with van der Waals surface area (Å²) in [5.74, 6) is -0.961. The summed E-state index contributed by atoms with van der Waals surface area (Å²) >= 11 is 0. The summed E-state index contributed by atoms with van der Waals surface area (Å²) in [5, 5.41) is 8.53. The number of carbonyl (C=O) groups excluding carboxylic acids is 1. The van der Waals surface area contributed by atoms with Gasteiger partial charge in [0, 0.05) is 74.1 Å². The molecule has 1 N–H and O–H groups in total. The third-order valence-corrected chi connectivity index (χ3v) is 8.63. The predicted octanol–water partition coefficient (Wildman–Crippen LogP) is 4.34. The third-order valence-electron chi connectivity index (χ3n) is 8.63. The molecule has 208 valence electrons. The molecule has 1 saturated carbocycles. The van der Waals surface area contributed by atoms with Gasteiger partial charge in [-0.25, -0.2) is 4.98 Å². The van der Waals surface area contributed by atoms with Gasteiger partial charge in [0.15, 0.2) is 0 Å². The van der Waals surface area contributed by atoms with Crippen LogP contribution in [0.4, 0.5) is 24.7 Å². The van der Waals surface area contributed by atoms with E-state index in [0.717, 1.165) is 67.0 Å². The number of aryl methyl sites for hydroxylation is 2. The Labute approximate surface area is 225 Å². The largest absolute Gasteiger partial charge is 0.433 e. The number of piperazine rings is 1. The molecule has 3 aromatic rings. The number of halogens is 3. The van der Waals surface area contributed by atoms with Gasteiger partial charge in [-0.3, -0.25) is 14.4 Å². The van der Waals surface area contributed by atoms with Crippen molar-refractivity contribution < 1.29 is 22.7 Å². The van der Waals surface area contributed by atoms with Gasteiger partial charge in [0.05, 0.1) is 12.8 Å². The van der Waals surface area contributed by atoms with Crippen molar-refractivity contribution >= 4 is 28.2 Å². The lowest BCUT2D eigenvalue weighted by molar-refractivity contribution is -0.144. The van der Waals surface area contributed by atoms with Crippen molar-refractivity contribution in [2.75, 3.05) is 49.6 Å². The van der Waals surface area contributed by atoms with E-state index in [1.54, 1.807) is 6.20 Å². The van der Waals surface area contributed by atoms with Gasteiger partial charge in [-0.15, -0.1) is 0 Å². The smallest absolute Gasteiger partial charge is 0.379 e. The van der Waals surface area contributed by atoms with Crippen molar-refractivity contribution in [2.45, 2.75) is 44.3 Å². The number of ether oxygens (including phenoxy) is 1. The van der Waals surface area contributed by atoms with Crippen molar-refractivity contribution in [2.24, 2.45) is 13.0 Å². The van der Waals surface area contributed by atoms with E-state index >= 15 is 0 Å². The van der Waals surface area contributed by atoms with E-state index in [2.05, 4.69) is 51.2 Å². The lowest BCUT2D eigenvalue weighted by Crippen LogP contribution is -2.56. The normalized spacial score (nSPS) is 25.8. The van der Waals surface area contributed by atoms with Crippen molar-refractivity contribution in [1.82, 2.24) is 19.7 Å². The van der Waals surface area contributed by atoms with Crippen LogP contribution >= 0.6 is 0 Å². The quantitative estimate of drug-likeness (QED) is 0.517. The second-order valence-electron chi connectivity index (χ2n) is 11.3. The Bertz CT molecular complexity index is 1410. The number of amides is 1. The van der Waals surface area contributed by atoms with Gasteiger partial charge >= 0.3 is 6.18 Å². The molecule has 3 aliphatic rings. The van der Waals surface area contributed by atoms with Crippen LogP contribution in [0.1, 0.15) is 42.5 Å². The van der Waals surface area contributed by atoms with Crippen LogP contribution in [0.3, 0.4) is 0 Å². The summed E-state index contributed by atoms with van der Waals surface area (Å²) in [6.07, 6.45) is -0.143. The number of hydrogen-bond acceptors (Lipinski definition) is 6. The van der Waals surface area contributed by atoms with E-state index in [1.165, 1.54) is 18.8 Å². The first-order valence-corrected chi connectivity index (χ1v) is 13.4. The van der Waals surface area contributed by atoms with E-state index in [9.17, 15) is 18.0 Å². The molecule has 0 unspecified atom stereocenters. The molecule has 1 aromatic carbocycles. The highest BCUT2D eigenvalue weighted by Crippen LogP contribution is 2.51. The zero-order valence-corrected chi connectivity index (χ0v) is 22.4. The van der Waals surface area contributed by atoms with Crippen LogP contribution in [0.15, 0.2) is 30.6 Å². The highest BCUT2D eigenvalue weighted by atomic mass is 19.4. The van der Waals surface area contributed by atoms with Crippen LogP contribution in [0.25, 0.3) is 10.8 Å². The lowest BCUT2D eigenvalue weighted by Gasteiger charge is -2.44. The number of pyridine rings is 1. The van der Waals surface area contributed by atoms with Gasteiger partial charge in [-0.2, -0.15) is 18.3 Å². The first kappa shape index (κ1) is 26.1. The second kappa shape index (κ2) is 9.48. The van der Waals surface area contributed by atoms with Crippen LogP contribution in [-0.2, 0) is 22.8 Å². The summed E-state index contributed by atoms with van der Waals surface area (Å²) in [7, 11) is 1.27. The topological polar surface area (TPSA) is 75.5 Å². The Balaban J connectivity index is 1.15. The molecule has 39 heavy (non-hydrogen) atoms. The molecule has 2 saturated heterocycles. The molecule has 3 atom stereocenters. The second-order valence-corrected chi connectivity index (χ2v) is 11.3. The van der Waals surface area contributed by atoms with E-state index < -0.39 is 23.7 Å². The number of alkyl halides is 3. The minimum absolute atomic E-state index is 0.0753. The molecule has 1 amide bonds. The maximum absolute atomic E-state index is 13.5. The van der Waals surface area contributed by atoms with Crippen molar-refractivity contribution in [1.29, 1.82) is 0 Å². The number of carbonyl (C=O) groups is 1. The number of benzene rings is 1. The fourth-order valence-electron chi connectivity index (χ4n) is 6.22. The Morgan fingerprint density at radius 3 is 2.59 bits per heavy atom. The van der Waals surface area contributed by atoms with Crippen LogP contribution < -0.4 is 10.2 Å². The molecule has 8 nitrogen and oxygen atoms in total. The van der Waals surface area contributed by atoms with E-state index in [0.29, 0.717) is 12.2 Å². The number of anilines is 2. The number of fused-ring (bicyclic) bond motifs is 1. The molecule has 1 aliphatic carbocycles. The minimum atomic E-state index is -4.52. The van der Waals surface area contributed by atoms with Crippen LogP contribution in [-0.4, -0.2) is 70.5 Å². The summed E-state index contributed by atoms with van der Waals surface area (Å²) in [6, 6.07) is 6.09.